The molecule has 1 aromatic heterocycles. The molecule has 0 radical (unpaired) electrons. The molecule has 1 aliphatic carbocycles. The molecule has 1 heterocycles. The lowest BCUT2D eigenvalue weighted by Gasteiger charge is -2.30. The molecule has 1 aromatic carbocycles. The summed E-state index contributed by atoms with van der Waals surface area (Å²) in [5.41, 5.74) is 7.61. The Hall–Kier alpha value is -2.07. The monoisotopic (exact) mass is 526 g/mol. The molecular weight excluding hydrogens is 491 g/mol. The van der Waals surface area contributed by atoms with E-state index >= 15 is 0 Å². The van der Waals surface area contributed by atoms with E-state index in [0.29, 0.717) is 0 Å². The third-order valence-electron chi connectivity index (χ3n) is 6.44. The van der Waals surface area contributed by atoms with Crippen molar-refractivity contribution in [3.8, 4) is 0 Å². The first-order valence-corrected chi connectivity index (χ1v) is 13.8. The van der Waals surface area contributed by atoms with Gasteiger partial charge in [0.1, 0.15) is 5.01 Å². The van der Waals surface area contributed by atoms with Gasteiger partial charge >= 0.3 is 0 Å². The Morgan fingerprint density at radius 1 is 1.26 bits per heavy atom. The normalized spacial score (nSPS) is 19.1. The van der Waals surface area contributed by atoms with E-state index in [-0.39, 0.29) is 5.41 Å². The molecule has 0 aliphatic heterocycles. The number of aromatic nitrogens is 1. The number of benzene rings is 1. The van der Waals surface area contributed by atoms with E-state index in [9.17, 15) is 0 Å². The molecule has 1 unspecified atom stereocenters. The van der Waals surface area contributed by atoms with Crippen LogP contribution in [0, 0.1) is 0 Å². The molecule has 1 atom stereocenters. The Balaban J connectivity index is 2.21. The van der Waals surface area contributed by atoms with Crippen LogP contribution in [-0.2, 0) is 11.8 Å². The fourth-order valence-electron chi connectivity index (χ4n) is 4.31. The molecule has 1 N–H and O–H groups in total. The summed E-state index contributed by atoms with van der Waals surface area (Å²) in [4.78, 5) is 5.18. The second kappa shape index (κ2) is 12.3. The maximum atomic E-state index is 6.81. The van der Waals surface area contributed by atoms with E-state index in [2.05, 4.69) is 75.3 Å². The zero-order chi connectivity index (χ0) is 25.6. The summed E-state index contributed by atoms with van der Waals surface area (Å²) in [6.07, 6.45) is 13.2. The minimum Gasteiger partial charge on any atom is -0.388 e. The largest absolute Gasteiger partial charge is 0.388 e. The van der Waals surface area contributed by atoms with Crippen LogP contribution in [0.25, 0.3) is 5.57 Å². The highest BCUT2D eigenvalue weighted by molar-refractivity contribution is 7.11. The molecule has 2 nitrogen and oxygen atoms in total. The van der Waals surface area contributed by atoms with E-state index < -0.39 is 0 Å². The molecule has 0 saturated heterocycles. The first-order chi connectivity index (χ1) is 16.7. The number of nitrogens with zero attached hydrogens (tertiary/aromatic N) is 1. The second-order valence-corrected chi connectivity index (χ2v) is 11.4. The third kappa shape index (κ3) is 6.78. The van der Waals surface area contributed by atoms with E-state index in [1.165, 1.54) is 11.1 Å². The van der Waals surface area contributed by atoms with Gasteiger partial charge in [0, 0.05) is 44.7 Å². The molecule has 0 fully saturated rings. The summed E-state index contributed by atoms with van der Waals surface area (Å²) in [6, 6.07) is 6.34. The van der Waals surface area contributed by atoms with Crippen molar-refractivity contribution in [2.45, 2.75) is 65.2 Å². The van der Waals surface area contributed by atoms with Gasteiger partial charge in [-0.25, -0.2) is 4.98 Å². The predicted octanol–water partition coefficient (Wildman–Crippen LogP) is 9.37. The van der Waals surface area contributed by atoms with Gasteiger partial charge in [-0.2, -0.15) is 0 Å². The van der Waals surface area contributed by atoms with Crippen LogP contribution in [0.5, 0.6) is 0 Å². The molecule has 0 amide bonds. The van der Waals surface area contributed by atoms with Gasteiger partial charge in [-0.05, 0) is 75.0 Å². The number of nitrogens with one attached hydrogen (secondary N) is 1. The van der Waals surface area contributed by atoms with Gasteiger partial charge in [0.25, 0.3) is 0 Å². The summed E-state index contributed by atoms with van der Waals surface area (Å²) in [7, 11) is 1.94. The van der Waals surface area contributed by atoms with Crippen LogP contribution in [-0.4, -0.2) is 12.0 Å². The van der Waals surface area contributed by atoms with Gasteiger partial charge in [-0.15, -0.1) is 11.3 Å². The minimum absolute atomic E-state index is 0.0125. The minimum atomic E-state index is -0.0125. The summed E-state index contributed by atoms with van der Waals surface area (Å²) in [6.45, 7) is 12.8. The van der Waals surface area contributed by atoms with E-state index in [1.54, 1.807) is 11.3 Å². The summed E-state index contributed by atoms with van der Waals surface area (Å²) in [5, 5.41) is 8.17. The second-order valence-electron chi connectivity index (χ2n) is 9.62. The van der Waals surface area contributed by atoms with Crippen LogP contribution >= 0.6 is 34.5 Å². The number of thiazole rings is 1. The Morgan fingerprint density at radius 3 is 2.63 bits per heavy atom. The van der Waals surface area contributed by atoms with Crippen molar-refractivity contribution in [2.24, 2.45) is 0 Å². The number of rotatable bonds is 9. The fourth-order valence-corrected chi connectivity index (χ4v) is 5.71. The van der Waals surface area contributed by atoms with Crippen molar-refractivity contribution >= 4 is 40.1 Å². The van der Waals surface area contributed by atoms with E-state index in [1.807, 2.05) is 19.2 Å². The van der Waals surface area contributed by atoms with Gasteiger partial charge in [0.2, 0.25) is 0 Å². The number of hydrogen-bond acceptors (Lipinski definition) is 3. The SMILES string of the molecule is C=CC(/C=C(/c1nc(C2(C)CC=C(Cl)CC2)cs1)c1cc(CCC)ccc1Cl)=C(\C=C(C)C)NC. The highest BCUT2D eigenvalue weighted by atomic mass is 35.5. The molecule has 5 heteroatoms. The summed E-state index contributed by atoms with van der Waals surface area (Å²) >= 11 is 14.8. The first kappa shape index (κ1) is 27.5. The van der Waals surface area contributed by atoms with Crippen molar-refractivity contribution in [3.05, 3.63) is 103 Å². The lowest BCUT2D eigenvalue weighted by Crippen LogP contribution is -2.24. The van der Waals surface area contributed by atoms with Crippen LogP contribution in [0.15, 0.2) is 76.3 Å². The van der Waals surface area contributed by atoms with Gasteiger partial charge in [-0.1, -0.05) is 73.8 Å². The quantitative estimate of drug-likeness (QED) is 0.329. The molecular formula is C30H36Cl2N2S. The highest BCUT2D eigenvalue weighted by Crippen LogP contribution is 2.41. The third-order valence-corrected chi connectivity index (χ3v) is 7.98. The summed E-state index contributed by atoms with van der Waals surface area (Å²) in [5.74, 6) is 0. The van der Waals surface area contributed by atoms with Crippen LogP contribution in [0.2, 0.25) is 5.02 Å². The standard InChI is InChI=1S/C30H36Cl2N2S/c1-7-9-21-10-11-26(32)24(17-21)25(18-22(8-2)27(33-6)16-20(3)4)29-34-28(19-35-29)30(5)14-12-23(31)13-15-30/h8,10-12,16-19,33H,2,7,9,13-15H2,1,3-6H3/b25-18+,27-22-. The van der Waals surface area contributed by atoms with Crippen LogP contribution in [0.3, 0.4) is 0 Å². The molecule has 35 heavy (non-hydrogen) atoms. The topological polar surface area (TPSA) is 24.9 Å². The van der Waals surface area contributed by atoms with E-state index in [0.717, 1.165) is 75.3 Å². The Bertz CT molecular complexity index is 1190. The van der Waals surface area contributed by atoms with Gasteiger partial charge in [0.05, 0.1) is 5.69 Å². The Labute approximate surface area is 225 Å². The first-order valence-electron chi connectivity index (χ1n) is 12.2. The maximum Gasteiger partial charge on any atom is 0.124 e. The summed E-state index contributed by atoms with van der Waals surface area (Å²) < 4.78 is 0. The molecule has 0 spiro atoms. The van der Waals surface area contributed by atoms with Crippen LogP contribution in [0.1, 0.15) is 75.2 Å². The maximum absolute atomic E-state index is 6.81. The number of hydrogen-bond donors (Lipinski definition) is 1. The molecule has 2 aromatic rings. The molecule has 3 rings (SSSR count). The number of allylic oxidation sites excluding steroid dienone is 7. The lowest BCUT2D eigenvalue weighted by molar-refractivity contribution is 0.415. The Morgan fingerprint density at radius 2 is 2.03 bits per heavy atom. The van der Waals surface area contributed by atoms with Crippen molar-refractivity contribution in [2.75, 3.05) is 7.05 Å². The molecule has 186 valence electrons. The van der Waals surface area contributed by atoms with Gasteiger partial charge < -0.3 is 5.32 Å². The van der Waals surface area contributed by atoms with Gasteiger partial charge in [0.15, 0.2) is 0 Å². The number of halogens is 2. The zero-order valence-electron chi connectivity index (χ0n) is 21.5. The lowest BCUT2D eigenvalue weighted by atomic mass is 9.76. The van der Waals surface area contributed by atoms with Crippen LogP contribution < -0.4 is 5.32 Å². The molecule has 0 saturated carbocycles. The number of aryl methyl sites for hydroxylation is 1. The van der Waals surface area contributed by atoms with Crippen molar-refractivity contribution < 1.29 is 0 Å². The van der Waals surface area contributed by atoms with Crippen LogP contribution in [0.4, 0.5) is 0 Å². The van der Waals surface area contributed by atoms with Crippen molar-refractivity contribution in [1.29, 1.82) is 0 Å². The molecule has 1 aliphatic rings. The van der Waals surface area contributed by atoms with Gasteiger partial charge in [-0.3, -0.25) is 0 Å². The van der Waals surface area contributed by atoms with Crippen molar-refractivity contribution in [1.82, 2.24) is 10.3 Å². The average Bonchev–Trinajstić information content (AvgIpc) is 3.33. The Kier molecular flexibility index (Phi) is 9.63. The highest BCUT2D eigenvalue weighted by Gasteiger charge is 2.31. The van der Waals surface area contributed by atoms with E-state index in [4.69, 9.17) is 28.2 Å². The fraction of sp³-hybridized carbons (Fsp3) is 0.367. The smallest absolute Gasteiger partial charge is 0.124 e. The zero-order valence-corrected chi connectivity index (χ0v) is 23.8. The average molecular weight is 528 g/mol. The van der Waals surface area contributed by atoms with Crippen molar-refractivity contribution in [3.63, 3.8) is 0 Å². The predicted molar refractivity (Wildman–Crippen MR) is 155 cm³/mol. The number of likely N-dealkylation sites (N-methyl/N-ethyl adjacent to an activating group) is 1. The molecule has 0 bridgehead atoms.